The van der Waals surface area contributed by atoms with Crippen molar-refractivity contribution in [3.05, 3.63) is 40.6 Å². The van der Waals surface area contributed by atoms with Crippen LogP contribution in [0.15, 0.2) is 18.2 Å². The minimum absolute atomic E-state index is 0. The number of fused-ring (bicyclic) bond motifs is 1. The number of aryl methyl sites for hydroxylation is 4. The summed E-state index contributed by atoms with van der Waals surface area (Å²) in [4.78, 5) is 17.1. The summed E-state index contributed by atoms with van der Waals surface area (Å²) in [7, 11) is 3.44. The first-order valence-corrected chi connectivity index (χ1v) is 8.84. The van der Waals surface area contributed by atoms with Crippen LogP contribution in [0.25, 0.3) is 11.0 Å². The highest BCUT2D eigenvalue weighted by molar-refractivity contribution is 5.92. The molecule has 1 aromatic carbocycles. The molecular weight excluding hydrogens is 413 g/mol. The van der Waals surface area contributed by atoms with Gasteiger partial charge in [0.25, 0.3) is 0 Å². The number of hydrogen-bond acceptors (Lipinski definition) is 5. The number of hydrogen-bond donors (Lipinski definition) is 2. The first kappa shape index (κ1) is 24.5. The largest absolute Gasteiger partial charge is 0.479 e. The number of nitrogen functional groups attached to an aromatic ring is 1. The van der Waals surface area contributed by atoms with Crippen molar-refractivity contribution in [3.8, 4) is 5.88 Å². The van der Waals surface area contributed by atoms with Gasteiger partial charge in [-0.05, 0) is 56.0 Å². The highest BCUT2D eigenvalue weighted by atomic mass is 35.5. The van der Waals surface area contributed by atoms with E-state index in [-0.39, 0.29) is 30.7 Å². The summed E-state index contributed by atoms with van der Waals surface area (Å²) in [6.07, 6.45) is 0.942. The van der Waals surface area contributed by atoms with E-state index in [2.05, 4.69) is 15.4 Å². The van der Waals surface area contributed by atoms with Crippen LogP contribution < -0.4 is 15.8 Å². The zero-order chi connectivity index (χ0) is 19.7. The van der Waals surface area contributed by atoms with Crippen molar-refractivity contribution < 1.29 is 9.53 Å². The molecule has 7 nitrogen and oxygen atoms in total. The first-order chi connectivity index (χ1) is 12.8. The van der Waals surface area contributed by atoms with Crippen molar-refractivity contribution in [1.29, 1.82) is 0 Å². The average Bonchev–Trinajstić information content (AvgIpc) is 2.94. The number of nitrogens with zero attached hydrogens (tertiary/aromatic N) is 3. The Labute approximate surface area is 182 Å². The number of anilines is 2. The SMILES string of the molecule is COc1nn(C)c2nc(C)c(CCC(=O)Nc3cc(N)ccc3C)c(C)c12.Cl.Cl. The second-order valence-corrected chi connectivity index (χ2v) is 6.75. The maximum atomic E-state index is 12.4. The topological polar surface area (TPSA) is 95.1 Å². The number of amides is 1. The lowest BCUT2D eigenvalue weighted by atomic mass is 10.00. The van der Waals surface area contributed by atoms with E-state index in [1.54, 1.807) is 17.9 Å². The molecule has 0 aliphatic heterocycles. The van der Waals surface area contributed by atoms with E-state index in [4.69, 9.17) is 10.5 Å². The normalized spacial score (nSPS) is 10.2. The van der Waals surface area contributed by atoms with Crippen LogP contribution in [-0.4, -0.2) is 27.8 Å². The summed E-state index contributed by atoms with van der Waals surface area (Å²) in [6, 6.07) is 5.49. The molecule has 0 unspecified atom stereocenters. The molecular formula is C20H27Cl2N5O2. The minimum atomic E-state index is -0.0549. The molecule has 0 atom stereocenters. The first-order valence-electron chi connectivity index (χ1n) is 8.84. The number of methoxy groups -OCH3 is 1. The molecule has 0 saturated carbocycles. The molecule has 2 heterocycles. The van der Waals surface area contributed by atoms with E-state index in [1.165, 1.54) is 0 Å². The standard InChI is InChI=1S/C20H25N5O2.2ClH/c1-11-6-7-14(21)10-16(11)23-17(26)9-8-15-12(2)18-19(22-13(15)3)25(4)24-20(18)27-5;;/h6-7,10H,8-9,21H2,1-5H3,(H,23,26);2*1H. The maximum absolute atomic E-state index is 12.4. The number of aromatic nitrogens is 3. The molecule has 29 heavy (non-hydrogen) atoms. The van der Waals surface area contributed by atoms with Gasteiger partial charge in [-0.3, -0.25) is 4.79 Å². The summed E-state index contributed by atoms with van der Waals surface area (Å²) in [6.45, 7) is 5.92. The van der Waals surface area contributed by atoms with Crippen LogP contribution in [0, 0.1) is 20.8 Å². The molecule has 158 valence electrons. The fraction of sp³-hybridized carbons (Fsp3) is 0.350. The highest BCUT2D eigenvalue weighted by Gasteiger charge is 2.18. The molecule has 3 rings (SSSR count). The van der Waals surface area contributed by atoms with Crippen molar-refractivity contribution >= 4 is 53.1 Å². The average molecular weight is 440 g/mol. The predicted molar refractivity (Wildman–Crippen MR) is 122 cm³/mol. The van der Waals surface area contributed by atoms with Crippen molar-refractivity contribution in [2.24, 2.45) is 7.05 Å². The van der Waals surface area contributed by atoms with E-state index in [0.717, 1.165) is 39.1 Å². The lowest BCUT2D eigenvalue weighted by Crippen LogP contribution is -2.14. The number of carbonyl (C=O) groups is 1. The van der Waals surface area contributed by atoms with Gasteiger partial charge in [-0.2, -0.15) is 0 Å². The molecule has 0 fully saturated rings. The summed E-state index contributed by atoms with van der Waals surface area (Å²) in [5.74, 6) is 0.499. The van der Waals surface area contributed by atoms with Gasteiger partial charge >= 0.3 is 0 Å². The Morgan fingerprint density at radius 2 is 1.93 bits per heavy atom. The molecule has 3 aromatic rings. The van der Waals surface area contributed by atoms with E-state index in [0.29, 0.717) is 24.4 Å². The number of nitrogens with two attached hydrogens (primary N) is 1. The van der Waals surface area contributed by atoms with Gasteiger partial charge in [0.05, 0.1) is 12.5 Å². The molecule has 0 radical (unpaired) electrons. The number of carbonyl (C=O) groups excluding carboxylic acids is 1. The van der Waals surface area contributed by atoms with E-state index < -0.39 is 0 Å². The number of halogens is 2. The van der Waals surface area contributed by atoms with Crippen LogP contribution in [0.2, 0.25) is 0 Å². The second-order valence-electron chi connectivity index (χ2n) is 6.75. The Morgan fingerprint density at radius 3 is 2.59 bits per heavy atom. The van der Waals surface area contributed by atoms with Gasteiger partial charge in [0.2, 0.25) is 11.8 Å². The number of benzene rings is 1. The van der Waals surface area contributed by atoms with Crippen molar-refractivity contribution in [2.45, 2.75) is 33.6 Å². The molecule has 3 N–H and O–H groups in total. The lowest BCUT2D eigenvalue weighted by molar-refractivity contribution is -0.116. The van der Waals surface area contributed by atoms with Gasteiger partial charge in [0.1, 0.15) is 0 Å². The van der Waals surface area contributed by atoms with Crippen molar-refractivity contribution in [3.63, 3.8) is 0 Å². The Morgan fingerprint density at radius 1 is 1.24 bits per heavy atom. The van der Waals surface area contributed by atoms with Crippen LogP contribution in [0.3, 0.4) is 0 Å². The Kier molecular flexibility index (Phi) is 8.29. The molecule has 0 spiro atoms. The van der Waals surface area contributed by atoms with E-state index >= 15 is 0 Å². The van der Waals surface area contributed by atoms with Gasteiger partial charge < -0.3 is 15.8 Å². The van der Waals surface area contributed by atoms with Gasteiger partial charge in [-0.25, -0.2) is 9.67 Å². The molecule has 1 amide bonds. The monoisotopic (exact) mass is 439 g/mol. The molecule has 9 heteroatoms. The van der Waals surface area contributed by atoms with Crippen LogP contribution in [0.1, 0.15) is 28.8 Å². The smallest absolute Gasteiger partial charge is 0.242 e. The third-order valence-electron chi connectivity index (χ3n) is 4.85. The summed E-state index contributed by atoms with van der Waals surface area (Å²) >= 11 is 0. The summed E-state index contributed by atoms with van der Waals surface area (Å²) in [5, 5.41) is 8.20. The zero-order valence-corrected chi connectivity index (χ0v) is 18.8. The Bertz CT molecular complexity index is 1030. The third-order valence-corrected chi connectivity index (χ3v) is 4.85. The van der Waals surface area contributed by atoms with Crippen molar-refractivity contribution in [1.82, 2.24) is 14.8 Å². The number of pyridine rings is 1. The minimum Gasteiger partial charge on any atom is -0.479 e. The van der Waals surface area contributed by atoms with Gasteiger partial charge in [-0.1, -0.05) is 6.07 Å². The van der Waals surface area contributed by atoms with E-state index in [9.17, 15) is 4.79 Å². The molecule has 0 aliphatic rings. The Balaban J connectivity index is 0.00000210. The highest BCUT2D eigenvalue weighted by Crippen LogP contribution is 2.30. The molecule has 2 aromatic heterocycles. The van der Waals surface area contributed by atoms with Crippen LogP contribution in [0.4, 0.5) is 11.4 Å². The fourth-order valence-electron chi connectivity index (χ4n) is 3.33. The van der Waals surface area contributed by atoms with Gasteiger partial charge in [0.15, 0.2) is 5.65 Å². The number of rotatable bonds is 5. The maximum Gasteiger partial charge on any atom is 0.242 e. The number of ether oxygens (including phenoxy) is 1. The molecule has 0 aliphatic carbocycles. The second kappa shape index (κ2) is 9.80. The Hall–Kier alpha value is -2.51. The number of nitrogens with one attached hydrogen (secondary N) is 1. The zero-order valence-electron chi connectivity index (χ0n) is 17.2. The quantitative estimate of drug-likeness (QED) is 0.587. The summed E-state index contributed by atoms with van der Waals surface area (Å²) < 4.78 is 7.11. The predicted octanol–water partition coefficient (Wildman–Crippen LogP) is 3.90. The van der Waals surface area contributed by atoms with E-state index in [1.807, 2.05) is 40.0 Å². The summed E-state index contributed by atoms with van der Waals surface area (Å²) in [5.41, 5.74) is 11.9. The van der Waals surface area contributed by atoms with Crippen molar-refractivity contribution in [2.75, 3.05) is 18.2 Å². The third kappa shape index (κ3) is 4.92. The van der Waals surface area contributed by atoms with Crippen LogP contribution >= 0.6 is 24.8 Å². The van der Waals surface area contributed by atoms with Crippen LogP contribution in [0.5, 0.6) is 5.88 Å². The molecule has 0 bridgehead atoms. The fourth-order valence-corrected chi connectivity index (χ4v) is 3.33. The molecule has 0 saturated heterocycles. The lowest BCUT2D eigenvalue weighted by Gasteiger charge is -2.12. The van der Waals surface area contributed by atoms with Gasteiger partial charge in [0, 0.05) is 30.5 Å². The van der Waals surface area contributed by atoms with Crippen LogP contribution in [-0.2, 0) is 18.3 Å². The van der Waals surface area contributed by atoms with Gasteiger partial charge in [-0.15, -0.1) is 29.9 Å².